The third-order valence-electron chi connectivity index (χ3n) is 5.39. The smallest absolute Gasteiger partial charge is 0.270 e. The SMILES string of the molecule is COc1ccc(O)c(C(=O)c2ccc(N[C@@H]3CNC[C@H]3NC(=O)c3ccnc(N)n3)cc2)c1. The molecule has 3 aromatic rings. The Morgan fingerprint density at radius 3 is 2.61 bits per heavy atom. The van der Waals surface area contributed by atoms with E-state index in [-0.39, 0.29) is 46.7 Å². The largest absolute Gasteiger partial charge is 0.507 e. The zero-order valence-corrected chi connectivity index (χ0v) is 17.9. The highest BCUT2D eigenvalue weighted by Crippen LogP contribution is 2.26. The number of nitrogens with one attached hydrogen (secondary N) is 3. The van der Waals surface area contributed by atoms with E-state index in [1.807, 2.05) is 0 Å². The molecule has 2 atom stereocenters. The molecule has 0 aliphatic carbocycles. The lowest BCUT2D eigenvalue weighted by Gasteiger charge is -2.22. The molecule has 0 spiro atoms. The van der Waals surface area contributed by atoms with E-state index in [2.05, 4.69) is 25.9 Å². The molecule has 1 aromatic heterocycles. The molecule has 0 radical (unpaired) electrons. The van der Waals surface area contributed by atoms with E-state index in [1.54, 1.807) is 30.3 Å². The van der Waals surface area contributed by atoms with Gasteiger partial charge in [-0.1, -0.05) is 0 Å². The van der Waals surface area contributed by atoms with Crippen LogP contribution in [-0.2, 0) is 0 Å². The van der Waals surface area contributed by atoms with Gasteiger partial charge in [0.2, 0.25) is 5.95 Å². The molecule has 1 fully saturated rings. The molecule has 1 amide bonds. The van der Waals surface area contributed by atoms with Crippen LogP contribution in [0.3, 0.4) is 0 Å². The summed E-state index contributed by atoms with van der Waals surface area (Å²) in [6, 6.07) is 12.7. The van der Waals surface area contributed by atoms with Crippen molar-refractivity contribution in [3.05, 3.63) is 71.5 Å². The Morgan fingerprint density at radius 1 is 1.12 bits per heavy atom. The topological polar surface area (TPSA) is 151 Å². The number of carbonyl (C=O) groups excluding carboxylic acids is 2. The number of nitrogen functional groups attached to an aromatic ring is 1. The monoisotopic (exact) mass is 448 g/mol. The van der Waals surface area contributed by atoms with Crippen LogP contribution in [0, 0.1) is 0 Å². The van der Waals surface area contributed by atoms with Crippen molar-refractivity contribution in [3.63, 3.8) is 0 Å². The standard InChI is InChI=1S/C23H24N6O4/c1-33-15-6-7-20(30)16(10-15)21(31)13-2-4-14(5-3-13)27-18-11-25-12-19(18)28-22(32)17-8-9-26-23(24)29-17/h2-10,18-19,25,27,30H,11-12H2,1H3,(H,28,32)(H2,24,26,29)/t18-,19-/m1/s1. The van der Waals surface area contributed by atoms with Crippen LogP contribution in [0.15, 0.2) is 54.7 Å². The maximum Gasteiger partial charge on any atom is 0.270 e. The van der Waals surface area contributed by atoms with E-state index < -0.39 is 0 Å². The third kappa shape index (κ3) is 5.01. The minimum atomic E-state index is -0.330. The molecule has 10 nitrogen and oxygen atoms in total. The molecule has 2 heterocycles. The van der Waals surface area contributed by atoms with Gasteiger partial charge in [0.1, 0.15) is 17.2 Å². The number of amides is 1. The first kappa shape index (κ1) is 22.0. The van der Waals surface area contributed by atoms with Gasteiger partial charge < -0.3 is 31.5 Å². The van der Waals surface area contributed by atoms with Crippen LogP contribution < -0.4 is 26.4 Å². The Labute approximate surface area is 190 Å². The number of methoxy groups -OCH3 is 1. The van der Waals surface area contributed by atoms with Gasteiger partial charge in [-0.25, -0.2) is 9.97 Å². The molecule has 1 aliphatic rings. The molecular formula is C23H24N6O4. The number of hydrogen-bond donors (Lipinski definition) is 5. The summed E-state index contributed by atoms with van der Waals surface area (Å²) < 4.78 is 5.14. The number of nitrogens with zero attached hydrogens (tertiary/aromatic N) is 2. The first-order valence-corrected chi connectivity index (χ1v) is 10.3. The predicted molar refractivity (Wildman–Crippen MR) is 123 cm³/mol. The van der Waals surface area contributed by atoms with E-state index in [9.17, 15) is 14.7 Å². The van der Waals surface area contributed by atoms with Crippen LogP contribution in [-0.4, -0.2) is 59.0 Å². The number of aromatic nitrogens is 2. The highest BCUT2D eigenvalue weighted by Gasteiger charge is 2.29. The summed E-state index contributed by atoms with van der Waals surface area (Å²) in [6.45, 7) is 1.24. The normalized spacial score (nSPS) is 17.4. The van der Waals surface area contributed by atoms with Crippen molar-refractivity contribution in [2.75, 3.05) is 31.2 Å². The molecular weight excluding hydrogens is 424 g/mol. The fourth-order valence-corrected chi connectivity index (χ4v) is 3.64. The zero-order chi connectivity index (χ0) is 23.4. The van der Waals surface area contributed by atoms with E-state index in [4.69, 9.17) is 10.5 Å². The van der Waals surface area contributed by atoms with Crippen LogP contribution in [0.1, 0.15) is 26.4 Å². The number of hydrogen-bond acceptors (Lipinski definition) is 9. The number of nitrogens with two attached hydrogens (primary N) is 1. The minimum Gasteiger partial charge on any atom is -0.507 e. The lowest BCUT2D eigenvalue weighted by Crippen LogP contribution is -2.46. The highest BCUT2D eigenvalue weighted by molar-refractivity contribution is 6.11. The summed E-state index contributed by atoms with van der Waals surface area (Å²) in [5.41, 5.74) is 7.15. The third-order valence-corrected chi connectivity index (χ3v) is 5.39. The van der Waals surface area contributed by atoms with Gasteiger partial charge in [0, 0.05) is 30.5 Å². The second-order valence-corrected chi connectivity index (χ2v) is 7.58. The van der Waals surface area contributed by atoms with Crippen molar-refractivity contribution in [3.8, 4) is 11.5 Å². The van der Waals surface area contributed by atoms with Crippen LogP contribution in [0.25, 0.3) is 0 Å². The summed E-state index contributed by atoms with van der Waals surface area (Å²) >= 11 is 0. The van der Waals surface area contributed by atoms with Gasteiger partial charge in [0.25, 0.3) is 5.91 Å². The molecule has 0 saturated carbocycles. The Bertz CT molecular complexity index is 1170. The van der Waals surface area contributed by atoms with E-state index in [0.29, 0.717) is 24.4 Å². The summed E-state index contributed by atoms with van der Waals surface area (Å²) in [4.78, 5) is 33.1. The van der Waals surface area contributed by atoms with Crippen LogP contribution in [0.2, 0.25) is 0 Å². The van der Waals surface area contributed by atoms with Crippen LogP contribution >= 0.6 is 0 Å². The lowest BCUT2D eigenvalue weighted by molar-refractivity contribution is 0.0932. The number of carbonyl (C=O) groups is 2. The Hall–Kier alpha value is -4.18. The molecule has 1 aliphatic heterocycles. The predicted octanol–water partition coefficient (Wildman–Crippen LogP) is 1.19. The average Bonchev–Trinajstić information content (AvgIpc) is 3.25. The van der Waals surface area contributed by atoms with Crippen molar-refractivity contribution < 1.29 is 19.4 Å². The van der Waals surface area contributed by atoms with Gasteiger partial charge in [-0.05, 0) is 48.5 Å². The van der Waals surface area contributed by atoms with Gasteiger partial charge >= 0.3 is 0 Å². The summed E-state index contributed by atoms with van der Waals surface area (Å²) in [7, 11) is 1.50. The molecule has 170 valence electrons. The van der Waals surface area contributed by atoms with Gasteiger partial charge in [-0.3, -0.25) is 9.59 Å². The van der Waals surface area contributed by atoms with Crippen molar-refractivity contribution in [2.45, 2.75) is 12.1 Å². The van der Waals surface area contributed by atoms with E-state index >= 15 is 0 Å². The maximum atomic E-state index is 12.8. The number of benzene rings is 2. The Balaban J connectivity index is 1.42. The number of anilines is 2. The highest BCUT2D eigenvalue weighted by atomic mass is 16.5. The van der Waals surface area contributed by atoms with Crippen molar-refractivity contribution in [2.24, 2.45) is 0 Å². The maximum absolute atomic E-state index is 12.8. The number of ketones is 1. The van der Waals surface area contributed by atoms with Gasteiger partial charge in [0.15, 0.2) is 5.78 Å². The number of aromatic hydroxyl groups is 1. The number of phenols is 1. The average molecular weight is 448 g/mol. The quantitative estimate of drug-likeness (QED) is 0.336. The molecule has 33 heavy (non-hydrogen) atoms. The van der Waals surface area contributed by atoms with Crippen molar-refractivity contribution >= 4 is 23.3 Å². The fraction of sp³-hybridized carbons (Fsp3) is 0.217. The van der Waals surface area contributed by atoms with Crippen LogP contribution in [0.4, 0.5) is 11.6 Å². The van der Waals surface area contributed by atoms with Crippen molar-refractivity contribution in [1.29, 1.82) is 0 Å². The van der Waals surface area contributed by atoms with E-state index in [1.165, 1.54) is 31.5 Å². The van der Waals surface area contributed by atoms with Gasteiger partial charge in [-0.15, -0.1) is 0 Å². The number of rotatable bonds is 7. The lowest BCUT2D eigenvalue weighted by atomic mass is 10.0. The second kappa shape index (κ2) is 9.53. The second-order valence-electron chi connectivity index (χ2n) is 7.58. The number of ether oxygens (including phenoxy) is 1. The Kier molecular flexibility index (Phi) is 6.36. The fourth-order valence-electron chi connectivity index (χ4n) is 3.64. The summed E-state index contributed by atoms with van der Waals surface area (Å²) in [5, 5.41) is 19.6. The van der Waals surface area contributed by atoms with Gasteiger partial charge in [0.05, 0.1) is 24.8 Å². The molecule has 0 bridgehead atoms. The first-order valence-electron chi connectivity index (χ1n) is 10.3. The first-order chi connectivity index (χ1) is 15.9. The molecule has 0 unspecified atom stereocenters. The zero-order valence-electron chi connectivity index (χ0n) is 17.9. The van der Waals surface area contributed by atoms with Crippen molar-refractivity contribution in [1.82, 2.24) is 20.6 Å². The molecule has 6 N–H and O–H groups in total. The Morgan fingerprint density at radius 2 is 1.88 bits per heavy atom. The molecule has 1 saturated heterocycles. The summed E-state index contributed by atoms with van der Waals surface area (Å²) in [6.07, 6.45) is 1.44. The number of phenolic OH excluding ortho intramolecular Hbond substituents is 1. The van der Waals surface area contributed by atoms with Crippen LogP contribution in [0.5, 0.6) is 11.5 Å². The van der Waals surface area contributed by atoms with Gasteiger partial charge in [-0.2, -0.15) is 0 Å². The molecule has 10 heteroatoms. The minimum absolute atomic E-state index is 0.0405. The molecule has 4 rings (SSSR count). The van der Waals surface area contributed by atoms with E-state index in [0.717, 1.165) is 5.69 Å². The molecule has 2 aromatic carbocycles. The summed E-state index contributed by atoms with van der Waals surface area (Å²) in [5.74, 6) is -0.220.